The summed E-state index contributed by atoms with van der Waals surface area (Å²) in [5.41, 5.74) is -0.348. The molecule has 0 saturated heterocycles. The van der Waals surface area contributed by atoms with E-state index >= 15 is 0 Å². The van der Waals surface area contributed by atoms with E-state index in [1.54, 1.807) is 0 Å². The second-order valence-corrected chi connectivity index (χ2v) is 4.48. The number of benzene rings is 1. The summed E-state index contributed by atoms with van der Waals surface area (Å²) in [6.07, 6.45) is 1.11. The lowest BCUT2D eigenvalue weighted by Gasteiger charge is -2.10. The molecule has 18 heavy (non-hydrogen) atoms. The lowest BCUT2D eigenvalue weighted by Crippen LogP contribution is -1.99. The van der Waals surface area contributed by atoms with Crippen LogP contribution in [0.15, 0.2) is 22.9 Å². The van der Waals surface area contributed by atoms with Crippen LogP contribution in [0.4, 0.5) is 8.78 Å². The summed E-state index contributed by atoms with van der Waals surface area (Å²) in [7, 11) is 1.32. The van der Waals surface area contributed by atoms with Crippen LogP contribution in [0.5, 0.6) is 5.75 Å². The Morgan fingerprint density at radius 2 is 2.00 bits per heavy atom. The molecule has 0 amide bonds. The zero-order valence-electron chi connectivity index (χ0n) is 9.05. The fourth-order valence-corrected chi connectivity index (χ4v) is 2.00. The Hall–Kier alpha value is -1.27. The Balaban J connectivity index is 2.77. The molecule has 0 bridgehead atoms. The number of ether oxygens (including phenoxy) is 1. The van der Waals surface area contributed by atoms with Crippen LogP contribution < -0.4 is 4.74 Å². The van der Waals surface area contributed by atoms with Gasteiger partial charge in [0.2, 0.25) is 0 Å². The molecule has 1 aromatic carbocycles. The van der Waals surface area contributed by atoms with Crippen LogP contribution in [-0.2, 0) is 0 Å². The average molecular weight is 336 g/mol. The standard InChI is InChI=1S/C11H6BrClF2N2O/c1-18-10-9(16-4-17-11(10)13)7-6(14)3-2-5(12)8(7)15/h2-4H,1H3. The zero-order chi connectivity index (χ0) is 13.3. The van der Waals surface area contributed by atoms with E-state index in [-0.39, 0.29) is 26.6 Å². The fourth-order valence-electron chi connectivity index (χ4n) is 1.46. The number of nitrogens with zero attached hydrogens (tertiary/aromatic N) is 2. The van der Waals surface area contributed by atoms with Gasteiger partial charge in [0.15, 0.2) is 10.9 Å². The second kappa shape index (κ2) is 5.16. The van der Waals surface area contributed by atoms with E-state index in [1.807, 2.05) is 0 Å². The molecule has 0 aliphatic heterocycles. The molecule has 2 rings (SSSR count). The predicted molar refractivity (Wildman–Crippen MR) is 66.6 cm³/mol. The van der Waals surface area contributed by atoms with Gasteiger partial charge in [-0.1, -0.05) is 11.6 Å². The van der Waals surface area contributed by atoms with E-state index in [0.717, 1.165) is 12.4 Å². The maximum atomic E-state index is 14.0. The summed E-state index contributed by atoms with van der Waals surface area (Å²) < 4.78 is 32.8. The van der Waals surface area contributed by atoms with E-state index in [0.29, 0.717) is 0 Å². The maximum absolute atomic E-state index is 14.0. The van der Waals surface area contributed by atoms with Gasteiger partial charge in [-0.25, -0.2) is 18.7 Å². The summed E-state index contributed by atoms with van der Waals surface area (Å²) in [6.45, 7) is 0. The lowest BCUT2D eigenvalue weighted by atomic mass is 10.1. The largest absolute Gasteiger partial charge is 0.491 e. The van der Waals surface area contributed by atoms with E-state index in [9.17, 15) is 8.78 Å². The number of rotatable bonds is 2. The number of hydrogen-bond acceptors (Lipinski definition) is 3. The van der Waals surface area contributed by atoms with Gasteiger partial charge in [0, 0.05) is 0 Å². The molecule has 0 spiro atoms. The molecule has 1 heterocycles. The minimum Gasteiger partial charge on any atom is -0.491 e. The molecule has 94 valence electrons. The highest BCUT2D eigenvalue weighted by atomic mass is 79.9. The first-order valence-electron chi connectivity index (χ1n) is 4.74. The minimum absolute atomic E-state index is 0.0127. The van der Waals surface area contributed by atoms with Gasteiger partial charge in [-0.2, -0.15) is 0 Å². The molecule has 3 nitrogen and oxygen atoms in total. The Kier molecular flexibility index (Phi) is 3.77. The molecule has 0 aliphatic rings. The molecule has 0 radical (unpaired) electrons. The van der Waals surface area contributed by atoms with Crippen molar-refractivity contribution in [3.63, 3.8) is 0 Å². The van der Waals surface area contributed by atoms with Crippen LogP contribution in [0.2, 0.25) is 5.15 Å². The first-order valence-corrected chi connectivity index (χ1v) is 5.91. The van der Waals surface area contributed by atoms with Gasteiger partial charge in [-0.15, -0.1) is 0 Å². The van der Waals surface area contributed by atoms with Crippen molar-refractivity contribution in [2.45, 2.75) is 0 Å². The Morgan fingerprint density at radius 1 is 1.28 bits per heavy atom. The maximum Gasteiger partial charge on any atom is 0.182 e. The molecule has 0 aliphatic carbocycles. The molecular weight excluding hydrogens is 329 g/mol. The van der Waals surface area contributed by atoms with E-state index in [4.69, 9.17) is 16.3 Å². The summed E-state index contributed by atoms with van der Waals surface area (Å²) >= 11 is 8.77. The van der Waals surface area contributed by atoms with Crippen LogP contribution in [0.3, 0.4) is 0 Å². The summed E-state index contributed by atoms with van der Waals surface area (Å²) in [4.78, 5) is 7.51. The summed E-state index contributed by atoms with van der Waals surface area (Å²) in [5, 5.41) is -0.0127. The second-order valence-electron chi connectivity index (χ2n) is 3.26. The van der Waals surface area contributed by atoms with Crippen LogP contribution >= 0.6 is 27.5 Å². The van der Waals surface area contributed by atoms with Gasteiger partial charge >= 0.3 is 0 Å². The molecular formula is C11H6BrClF2N2O. The first kappa shape index (κ1) is 13.2. The van der Waals surface area contributed by atoms with E-state index < -0.39 is 11.6 Å². The highest BCUT2D eigenvalue weighted by Crippen LogP contribution is 2.37. The number of halogens is 4. The van der Waals surface area contributed by atoms with Crippen molar-refractivity contribution in [2.24, 2.45) is 0 Å². The normalized spacial score (nSPS) is 10.5. The van der Waals surface area contributed by atoms with E-state index in [2.05, 4.69) is 25.9 Å². The molecule has 0 saturated carbocycles. The molecule has 2 aromatic rings. The molecule has 0 fully saturated rings. The smallest absolute Gasteiger partial charge is 0.182 e. The fraction of sp³-hybridized carbons (Fsp3) is 0.0909. The van der Waals surface area contributed by atoms with Crippen molar-refractivity contribution in [3.05, 3.63) is 39.7 Å². The topological polar surface area (TPSA) is 35.0 Å². The molecule has 1 aromatic heterocycles. The van der Waals surface area contributed by atoms with E-state index in [1.165, 1.54) is 13.2 Å². The van der Waals surface area contributed by atoms with Gasteiger partial charge in [-0.05, 0) is 28.1 Å². The van der Waals surface area contributed by atoms with Gasteiger partial charge in [-0.3, -0.25) is 0 Å². The van der Waals surface area contributed by atoms with Crippen molar-refractivity contribution in [1.82, 2.24) is 9.97 Å². The number of methoxy groups -OCH3 is 1. The average Bonchev–Trinajstić information content (AvgIpc) is 2.35. The third-order valence-electron chi connectivity index (χ3n) is 2.25. The third kappa shape index (κ3) is 2.18. The minimum atomic E-state index is -0.775. The molecule has 0 N–H and O–H groups in total. The first-order chi connectivity index (χ1) is 8.56. The van der Waals surface area contributed by atoms with Crippen LogP contribution in [0, 0.1) is 11.6 Å². The zero-order valence-corrected chi connectivity index (χ0v) is 11.4. The van der Waals surface area contributed by atoms with Gasteiger partial charge in [0.05, 0.1) is 17.1 Å². The van der Waals surface area contributed by atoms with Crippen LogP contribution in [0.1, 0.15) is 0 Å². The number of aromatic nitrogens is 2. The summed E-state index contributed by atoms with van der Waals surface area (Å²) in [5.74, 6) is -1.51. The molecule has 0 atom stereocenters. The highest BCUT2D eigenvalue weighted by Gasteiger charge is 2.21. The Labute approximate surface area is 115 Å². The molecule has 7 heteroatoms. The van der Waals surface area contributed by atoms with Gasteiger partial charge in [0.1, 0.15) is 23.7 Å². The van der Waals surface area contributed by atoms with Crippen molar-refractivity contribution < 1.29 is 13.5 Å². The van der Waals surface area contributed by atoms with Crippen molar-refractivity contribution in [1.29, 1.82) is 0 Å². The lowest BCUT2D eigenvalue weighted by molar-refractivity contribution is 0.412. The Bertz CT molecular complexity index is 610. The summed E-state index contributed by atoms with van der Waals surface area (Å²) in [6, 6.07) is 2.39. The van der Waals surface area contributed by atoms with Crippen molar-refractivity contribution >= 4 is 27.5 Å². The Morgan fingerprint density at radius 3 is 2.67 bits per heavy atom. The van der Waals surface area contributed by atoms with Crippen LogP contribution in [0.25, 0.3) is 11.3 Å². The number of hydrogen-bond donors (Lipinski definition) is 0. The van der Waals surface area contributed by atoms with Gasteiger partial charge < -0.3 is 4.74 Å². The van der Waals surface area contributed by atoms with Crippen molar-refractivity contribution in [2.75, 3.05) is 7.11 Å². The SMILES string of the molecule is COc1c(Cl)ncnc1-c1c(F)ccc(Br)c1F. The van der Waals surface area contributed by atoms with Crippen LogP contribution in [-0.4, -0.2) is 17.1 Å². The monoisotopic (exact) mass is 334 g/mol. The predicted octanol–water partition coefficient (Wildman–Crippen LogP) is 3.85. The quantitative estimate of drug-likeness (QED) is 0.618. The third-order valence-corrected chi connectivity index (χ3v) is 3.13. The highest BCUT2D eigenvalue weighted by molar-refractivity contribution is 9.10. The van der Waals surface area contributed by atoms with Gasteiger partial charge in [0.25, 0.3) is 0 Å². The molecule has 0 unspecified atom stereocenters. The van der Waals surface area contributed by atoms with Crippen molar-refractivity contribution in [3.8, 4) is 17.0 Å².